The standard InChI is InChI=1S/C21H25N5O2/c1-16-20(24-26(23-16)17-9-4-2-5-10-17)21(27)22-15-18(19-11-8-14-28-19)25-12-6-3-7-13-25/h2,4-5,8-11,14,18H,3,6-7,12-13,15H2,1H3,(H,22,27). The van der Waals surface area contributed by atoms with Crippen LogP contribution in [0.15, 0.2) is 53.1 Å². The summed E-state index contributed by atoms with van der Waals surface area (Å²) in [5.41, 5.74) is 1.78. The molecule has 4 rings (SSSR count). The average molecular weight is 379 g/mol. The van der Waals surface area contributed by atoms with E-state index in [4.69, 9.17) is 4.42 Å². The van der Waals surface area contributed by atoms with Crippen molar-refractivity contribution >= 4 is 5.91 Å². The number of carbonyl (C=O) groups excluding carboxylic acids is 1. The number of nitrogens with zero attached hydrogens (tertiary/aromatic N) is 4. The topological polar surface area (TPSA) is 76.2 Å². The first-order valence-electron chi connectivity index (χ1n) is 9.77. The zero-order chi connectivity index (χ0) is 19.3. The number of likely N-dealkylation sites (tertiary alicyclic amines) is 1. The largest absolute Gasteiger partial charge is 0.468 e. The summed E-state index contributed by atoms with van der Waals surface area (Å²) in [5.74, 6) is 0.667. The van der Waals surface area contributed by atoms with E-state index >= 15 is 0 Å². The molecule has 1 aliphatic heterocycles. The van der Waals surface area contributed by atoms with Crippen molar-refractivity contribution < 1.29 is 9.21 Å². The van der Waals surface area contributed by atoms with E-state index in [0.29, 0.717) is 17.9 Å². The van der Waals surface area contributed by atoms with Gasteiger partial charge in [-0.05, 0) is 57.1 Å². The molecule has 1 atom stereocenters. The molecule has 1 N–H and O–H groups in total. The Bertz CT molecular complexity index is 898. The number of aryl methyl sites for hydroxylation is 1. The first-order chi connectivity index (χ1) is 13.7. The van der Waals surface area contributed by atoms with E-state index in [2.05, 4.69) is 20.4 Å². The van der Waals surface area contributed by atoms with Crippen molar-refractivity contribution in [3.05, 3.63) is 65.9 Å². The van der Waals surface area contributed by atoms with E-state index in [0.717, 1.165) is 24.5 Å². The molecule has 3 heterocycles. The first-order valence-corrected chi connectivity index (χ1v) is 9.77. The highest BCUT2D eigenvalue weighted by Crippen LogP contribution is 2.24. The fourth-order valence-electron chi connectivity index (χ4n) is 3.66. The van der Waals surface area contributed by atoms with Crippen molar-refractivity contribution in [1.29, 1.82) is 0 Å². The van der Waals surface area contributed by atoms with E-state index in [1.165, 1.54) is 24.1 Å². The van der Waals surface area contributed by atoms with Crippen molar-refractivity contribution in [2.24, 2.45) is 0 Å². The SMILES string of the molecule is Cc1nn(-c2ccccc2)nc1C(=O)NCC(c1ccco1)N1CCCCC1. The number of aromatic nitrogens is 3. The normalized spacial score (nSPS) is 16.0. The molecule has 0 radical (unpaired) electrons. The Morgan fingerprint density at radius 2 is 1.89 bits per heavy atom. The van der Waals surface area contributed by atoms with Crippen molar-refractivity contribution in [1.82, 2.24) is 25.2 Å². The molecule has 0 saturated carbocycles. The molecule has 1 saturated heterocycles. The molecule has 1 amide bonds. The lowest BCUT2D eigenvalue weighted by Crippen LogP contribution is -2.40. The second-order valence-corrected chi connectivity index (χ2v) is 7.10. The highest BCUT2D eigenvalue weighted by molar-refractivity contribution is 5.93. The number of hydrogen-bond donors (Lipinski definition) is 1. The predicted molar refractivity (Wildman–Crippen MR) is 105 cm³/mol. The van der Waals surface area contributed by atoms with E-state index in [9.17, 15) is 4.79 Å². The molecule has 7 heteroatoms. The van der Waals surface area contributed by atoms with Gasteiger partial charge in [-0.1, -0.05) is 24.6 Å². The van der Waals surface area contributed by atoms with Crippen molar-refractivity contribution in [3.8, 4) is 5.69 Å². The number of nitrogens with one attached hydrogen (secondary N) is 1. The molecule has 1 unspecified atom stereocenters. The van der Waals surface area contributed by atoms with Gasteiger partial charge in [0.1, 0.15) is 5.76 Å². The lowest BCUT2D eigenvalue weighted by atomic mass is 10.1. The average Bonchev–Trinajstić information content (AvgIpc) is 3.40. The summed E-state index contributed by atoms with van der Waals surface area (Å²) in [6.45, 7) is 4.31. The molecule has 1 aromatic carbocycles. The first kappa shape index (κ1) is 18.4. The molecule has 0 spiro atoms. The third-order valence-electron chi connectivity index (χ3n) is 5.14. The Morgan fingerprint density at radius 3 is 2.61 bits per heavy atom. The quantitative estimate of drug-likeness (QED) is 0.712. The van der Waals surface area contributed by atoms with E-state index in [1.54, 1.807) is 13.2 Å². The van der Waals surface area contributed by atoms with Gasteiger partial charge in [-0.15, -0.1) is 5.10 Å². The van der Waals surface area contributed by atoms with Crippen LogP contribution in [0.4, 0.5) is 0 Å². The third kappa shape index (κ3) is 3.99. The zero-order valence-corrected chi connectivity index (χ0v) is 16.0. The van der Waals surface area contributed by atoms with Crippen molar-refractivity contribution in [2.75, 3.05) is 19.6 Å². The van der Waals surface area contributed by atoms with Gasteiger partial charge in [0.15, 0.2) is 5.69 Å². The molecular formula is C21H25N5O2. The number of para-hydroxylation sites is 1. The Labute approximate surface area is 164 Å². The van der Waals surface area contributed by atoms with Crippen LogP contribution in [0.5, 0.6) is 0 Å². The van der Waals surface area contributed by atoms with Gasteiger partial charge in [0.05, 0.1) is 23.7 Å². The minimum Gasteiger partial charge on any atom is -0.468 e. The number of carbonyl (C=O) groups is 1. The second-order valence-electron chi connectivity index (χ2n) is 7.10. The number of piperidine rings is 1. The molecule has 1 fully saturated rings. The van der Waals surface area contributed by atoms with E-state index < -0.39 is 0 Å². The highest BCUT2D eigenvalue weighted by atomic mass is 16.3. The fraction of sp³-hybridized carbons (Fsp3) is 0.381. The third-order valence-corrected chi connectivity index (χ3v) is 5.14. The van der Waals surface area contributed by atoms with Crippen molar-refractivity contribution in [3.63, 3.8) is 0 Å². The van der Waals surface area contributed by atoms with E-state index in [1.807, 2.05) is 42.5 Å². The van der Waals surface area contributed by atoms with Crippen LogP contribution < -0.4 is 5.32 Å². The molecule has 0 aliphatic carbocycles. The monoisotopic (exact) mass is 379 g/mol. The number of hydrogen-bond acceptors (Lipinski definition) is 5. The maximum Gasteiger partial charge on any atom is 0.273 e. The molecular weight excluding hydrogens is 354 g/mol. The predicted octanol–water partition coefficient (Wildman–Crippen LogP) is 3.13. The minimum atomic E-state index is -0.215. The van der Waals surface area contributed by atoms with Gasteiger partial charge in [0, 0.05) is 6.54 Å². The van der Waals surface area contributed by atoms with Crippen LogP contribution in [0.2, 0.25) is 0 Å². The molecule has 7 nitrogen and oxygen atoms in total. The van der Waals surface area contributed by atoms with Gasteiger partial charge >= 0.3 is 0 Å². The van der Waals surface area contributed by atoms with Crippen LogP contribution in [-0.4, -0.2) is 45.4 Å². The van der Waals surface area contributed by atoms with Crippen LogP contribution in [0.1, 0.15) is 47.2 Å². The van der Waals surface area contributed by atoms with Crippen LogP contribution >= 0.6 is 0 Å². The smallest absolute Gasteiger partial charge is 0.273 e. The molecule has 2 aromatic heterocycles. The highest BCUT2D eigenvalue weighted by Gasteiger charge is 2.26. The fourth-order valence-corrected chi connectivity index (χ4v) is 3.66. The van der Waals surface area contributed by atoms with Crippen LogP contribution in [0.3, 0.4) is 0 Å². The molecule has 0 bridgehead atoms. The number of amides is 1. The molecule has 28 heavy (non-hydrogen) atoms. The van der Waals surface area contributed by atoms with E-state index in [-0.39, 0.29) is 11.9 Å². The second kappa shape index (κ2) is 8.39. The zero-order valence-electron chi connectivity index (χ0n) is 16.0. The van der Waals surface area contributed by atoms with Gasteiger partial charge in [-0.3, -0.25) is 9.69 Å². The summed E-state index contributed by atoms with van der Waals surface area (Å²) in [6.07, 6.45) is 5.30. The number of furan rings is 1. The van der Waals surface area contributed by atoms with Gasteiger partial charge < -0.3 is 9.73 Å². The van der Waals surface area contributed by atoms with Gasteiger partial charge in [0.25, 0.3) is 5.91 Å². The van der Waals surface area contributed by atoms with Crippen LogP contribution in [-0.2, 0) is 0 Å². The van der Waals surface area contributed by atoms with Crippen LogP contribution in [0.25, 0.3) is 5.69 Å². The lowest BCUT2D eigenvalue weighted by Gasteiger charge is -2.33. The van der Waals surface area contributed by atoms with Gasteiger partial charge in [0.2, 0.25) is 0 Å². The summed E-state index contributed by atoms with van der Waals surface area (Å²) in [5, 5.41) is 11.8. The van der Waals surface area contributed by atoms with Gasteiger partial charge in [-0.2, -0.15) is 9.90 Å². The summed E-state index contributed by atoms with van der Waals surface area (Å²) in [4.78, 5) is 16.7. The summed E-state index contributed by atoms with van der Waals surface area (Å²) in [6, 6.07) is 13.5. The maximum absolute atomic E-state index is 12.8. The number of rotatable bonds is 6. The molecule has 146 valence electrons. The summed E-state index contributed by atoms with van der Waals surface area (Å²) < 4.78 is 5.65. The summed E-state index contributed by atoms with van der Waals surface area (Å²) in [7, 11) is 0. The Balaban J connectivity index is 1.47. The van der Waals surface area contributed by atoms with Gasteiger partial charge in [-0.25, -0.2) is 0 Å². The van der Waals surface area contributed by atoms with Crippen molar-refractivity contribution in [2.45, 2.75) is 32.2 Å². The summed E-state index contributed by atoms with van der Waals surface area (Å²) >= 11 is 0. The lowest BCUT2D eigenvalue weighted by molar-refractivity contribution is 0.0908. The Hall–Kier alpha value is -2.93. The molecule has 3 aromatic rings. The number of benzene rings is 1. The minimum absolute atomic E-state index is 0.0312. The maximum atomic E-state index is 12.8. The van der Waals surface area contributed by atoms with Crippen LogP contribution in [0, 0.1) is 6.92 Å². The Kier molecular flexibility index (Phi) is 5.53. The molecule has 1 aliphatic rings. The Morgan fingerprint density at radius 1 is 1.11 bits per heavy atom.